The summed E-state index contributed by atoms with van der Waals surface area (Å²) in [5, 5.41) is 13.1. The minimum absolute atomic E-state index is 0.138. The lowest BCUT2D eigenvalue weighted by Crippen LogP contribution is -2.28. The van der Waals surface area contributed by atoms with Crippen molar-refractivity contribution < 1.29 is 19.0 Å². The lowest BCUT2D eigenvalue weighted by molar-refractivity contribution is 0.0957. The van der Waals surface area contributed by atoms with Gasteiger partial charge in [0.1, 0.15) is 0 Å². The second-order valence-corrected chi connectivity index (χ2v) is 4.17. The molecule has 90 valence electrons. The van der Waals surface area contributed by atoms with Gasteiger partial charge in [-0.1, -0.05) is 23.4 Å². The van der Waals surface area contributed by atoms with Gasteiger partial charge < -0.3 is 14.2 Å². The number of fused-ring (bicyclic) bond motifs is 1. The zero-order valence-electron chi connectivity index (χ0n) is 9.50. The van der Waals surface area contributed by atoms with Gasteiger partial charge in [0.15, 0.2) is 0 Å². The molecular weight excluding hydrogens is 233 g/mol. The van der Waals surface area contributed by atoms with Crippen LogP contribution in [-0.4, -0.2) is 23.1 Å². The molecule has 0 unspecified atom stereocenters. The highest BCUT2D eigenvalue weighted by Gasteiger charge is 2.27. The zero-order valence-corrected chi connectivity index (χ0v) is 9.50. The standard InChI is InChI=1S/C12H10BNO4/c15-11(12-3-4-14-18-12)6-8-1-2-9-7-17-13(16)10(9)5-8/h1-5,16H,6-7H2. The van der Waals surface area contributed by atoms with E-state index in [9.17, 15) is 9.82 Å². The van der Waals surface area contributed by atoms with Crippen molar-refractivity contribution in [1.82, 2.24) is 5.16 Å². The SMILES string of the molecule is O=C(Cc1ccc2c(c1)B(O)OC2)c1ccno1. The van der Waals surface area contributed by atoms with Gasteiger partial charge in [0, 0.05) is 12.5 Å². The third-order valence-corrected chi connectivity index (χ3v) is 2.95. The molecule has 5 nitrogen and oxygen atoms in total. The highest BCUT2D eigenvalue weighted by atomic mass is 16.5. The first kappa shape index (κ1) is 11.2. The van der Waals surface area contributed by atoms with E-state index >= 15 is 0 Å². The summed E-state index contributed by atoms with van der Waals surface area (Å²) in [6.45, 7) is 0.410. The summed E-state index contributed by atoms with van der Waals surface area (Å²) in [4.78, 5) is 11.8. The van der Waals surface area contributed by atoms with Gasteiger partial charge >= 0.3 is 7.12 Å². The highest BCUT2D eigenvalue weighted by Crippen LogP contribution is 2.13. The van der Waals surface area contributed by atoms with Crippen molar-refractivity contribution in [1.29, 1.82) is 0 Å². The van der Waals surface area contributed by atoms with Crippen molar-refractivity contribution in [2.75, 3.05) is 0 Å². The summed E-state index contributed by atoms with van der Waals surface area (Å²) in [6.07, 6.45) is 1.66. The number of hydrogen-bond acceptors (Lipinski definition) is 5. The van der Waals surface area contributed by atoms with Crippen LogP contribution < -0.4 is 5.46 Å². The van der Waals surface area contributed by atoms with Crippen LogP contribution in [0.15, 0.2) is 35.0 Å². The lowest BCUT2D eigenvalue weighted by atomic mass is 9.78. The summed E-state index contributed by atoms with van der Waals surface area (Å²) in [5.41, 5.74) is 2.51. The monoisotopic (exact) mass is 243 g/mol. The van der Waals surface area contributed by atoms with E-state index in [-0.39, 0.29) is 18.0 Å². The molecule has 0 spiro atoms. The summed E-state index contributed by atoms with van der Waals surface area (Å²) in [7, 11) is -0.889. The van der Waals surface area contributed by atoms with E-state index in [0.29, 0.717) is 6.61 Å². The number of Topliss-reactive ketones (excluding diaryl/α,β-unsaturated/α-hetero) is 1. The quantitative estimate of drug-likeness (QED) is 0.620. The Morgan fingerprint density at radius 1 is 1.44 bits per heavy atom. The fourth-order valence-corrected chi connectivity index (χ4v) is 2.01. The van der Waals surface area contributed by atoms with Crippen molar-refractivity contribution in [3.63, 3.8) is 0 Å². The van der Waals surface area contributed by atoms with E-state index in [2.05, 4.69) is 5.16 Å². The third-order valence-electron chi connectivity index (χ3n) is 2.95. The van der Waals surface area contributed by atoms with Gasteiger partial charge in [0.25, 0.3) is 0 Å². The fourth-order valence-electron chi connectivity index (χ4n) is 2.01. The first-order valence-corrected chi connectivity index (χ1v) is 5.59. The minimum atomic E-state index is -0.889. The average Bonchev–Trinajstić information content (AvgIpc) is 3.00. The molecule has 1 aromatic carbocycles. The molecule has 2 aromatic rings. The Bertz CT molecular complexity index is 582. The Morgan fingerprint density at radius 2 is 2.33 bits per heavy atom. The predicted octanol–water partition coefficient (Wildman–Crippen LogP) is 0.318. The Balaban J connectivity index is 1.82. The van der Waals surface area contributed by atoms with Crippen LogP contribution in [0.1, 0.15) is 21.7 Å². The molecule has 0 radical (unpaired) electrons. The molecule has 3 rings (SSSR count). The molecule has 0 bridgehead atoms. The van der Waals surface area contributed by atoms with E-state index in [1.165, 1.54) is 12.3 Å². The van der Waals surface area contributed by atoms with Crippen molar-refractivity contribution in [3.8, 4) is 0 Å². The lowest BCUT2D eigenvalue weighted by Gasteiger charge is -2.02. The molecule has 0 saturated carbocycles. The van der Waals surface area contributed by atoms with Crippen LogP contribution in [0.3, 0.4) is 0 Å². The van der Waals surface area contributed by atoms with Gasteiger partial charge in [-0.15, -0.1) is 0 Å². The highest BCUT2D eigenvalue weighted by molar-refractivity contribution is 6.61. The van der Waals surface area contributed by atoms with Gasteiger partial charge in [-0.2, -0.15) is 0 Å². The Morgan fingerprint density at radius 3 is 3.11 bits per heavy atom. The van der Waals surface area contributed by atoms with Crippen LogP contribution >= 0.6 is 0 Å². The van der Waals surface area contributed by atoms with E-state index in [1.807, 2.05) is 12.1 Å². The number of carbonyl (C=O) groups is 1. The molecule has 1 aliphatic heterocycles. The molecule has 1 aliphatic rings. The van der Waals surface area contributed by atoms with Gasteiger partial charge in [0.05, 0.1) is 12.8 Å². The summed E-state index contributed by atoms with van der Waals surface area (Å²) in [6, 6.07) is 7.05. The average molecular weight is 243 g/mol. The van der Waals surface area contributed by atoms with Crippen LogP contribution in [0.25, 0.3) is 0 Å². The number of carbonyl (C=O) groups excluding carboxylic acids is 1. The Kier molecular flexibility index (Phi) is 2.73. The number of hydrogen-bond donors (Lipinski definition) is 1. The number of aromatic nitrogens is 1. The van der Waals surface area contributed by atoms with Crippen LogP contribution in [-0.2, 0) is 17.7 Å². The maximum atomic E-state index is 11.8. The van der Waals surface area contributed by atoms with Crippen LogP contribution in [0.4, 0.5) is 0 Å². The molecule has 0 saturated heterocycles. The summed E-state index contributed by atoms with van der Waals surface area (Å²) in [5.74, 6) is 0.105. The van der Waals surface area contributed by atoms with Gasteiger partial charge in [-0.3, -0.25) is 4.79 Å². The molecule has 0 amide bonds. The molecule has 18 heavy (non-hydrogen) atoms. The van der Waals surface area contributed by atoms with Crippen molar-refractivity contribution in [2.45, 2.75) is 13.0 Å². The van der Waals surface area contributed by atoms with Gasteiger partial charge in [0.2, 0.25) is 11.5 Å². The second kappa shape index (κ2) is 4.40. The maximum absolute atomic E-state index is 11.8. The van der Waals surface area contributed by atoms with E-state index in [4.69, 9.17) is 9.18 Å². The largest absolute Gasteiger partial charge is 0.491 e. The molecular formula is C12H10BNO4. The minimum Gasteiger partial charge on any atom is -0.423 e. The van der Waals surface area contributed by atoms with E-state index < -0.39 is 7.12 Å². The topological polar surface area (TPSA) is 72.6 Å². The molecule has 1 N–H and O–H groups in total. The first-order chi connectivity index (χ1) is 8.74. The van der Waals surface area contributed by atoms with Crippen molar-refractivity contribution in [2.24, 2.45) is 0 Å². The first-order valence-electron chi connectivity index (χ1n) is 5.59. The fraction of sp³-hybridized carbons (Fsp3) is 0.167. The second-order valence-electron chi connectivity index (χ2n) is 4.17. The van der Waals surface area contributed by atoms with Crippen LogP contribution in [0, 0.1) is 0 Å². The van der Waals surface area contributed by atoms with Crippen molar-refractivity contribution >= 4 is 18.4 Å². The van der Waals surface area contributed by atoms with Gasteiger partial charge in [-0.25, -0.2) is 0 Å². The molecule has 2 heterocycles. The molecule has 0 aliphatic carbocycles. The normalized spacial score (nSPS) is 13.7. The molecule has 1 aromatic heterocycles. The smallest absolute Gasteiger partial charge is 0.423 e. The van der Waals surface area contributed by atoms with Gasteiger partial charge in [-0.05, 0) is 16.6 Å². The number of nitrogens with zero attached hydrogens (tertiary/aromatic N) is 1. The van der Waals surface area contributed by atoms with E-state index in [0.717, 1.165) is 16.6 Å². The molecule has 0 fully saturated rings. The maximum Gasteiger partial charge on any atom is 0.491 e. The predicted molar refractivity (Wildman–Crippen MR) is 63.4 cm³/mol. The molecule has 0 atom stereocenters. The number of ketones is 1. The Labute approximate surface area is 104 Å². The summed E-state index contributed by atoms with van der Waals surface area (Å²) >= 11 is 0. The van der Waals surface area contributed by atoms with Crippen molar-refractivity contribution in [3.05, 3.63) is 47.3 Å². The number of rotatable bonds is 3. The molecule has 6 heteroatoms. The number of benzene rings is 1. The zero-order chi connectivity index (χ0) is 12.5. The summed E-state index contributed by atoms with van der Waals surface area (Å²) < 4.78 is 9.91. The van der Waals surface area contributed by atoms with E-state index in [1.54, 1.807) is 6.07 Å². The van der Waals surface area contributed by atoms with Crippen LogP contribution in [0.2, 0.25) is 0 Å². The Hall–Kier alpha value is -1.92. The third kappa shape index (κ3) is 1.96. The van der Waals surface area contributed by atoms with Crippen LogP contribution in [0.5, 0.6) is 0 Å².